The Labute approximate surface area is 114 Å². The highest BCUT2D eigenvalue weighted by Crippen LogP contribution is 2.36. The van der Waals surface area contributed by atoms with Crippen LogP contribution in [0.15, 0.2) is 39.6 Å². The van der Waals surface area contributed by atoms with Crippen LogP contribution in [0.3, 0.4) is 0 Å². The van der Waals surface area contributed by atoms with Gasteiger partial charge in [0.2, 0.25) is 5.91 Å². The number of fused-ring (bicyclic) bond motifs is 2. The fourth-order valence-corrected chi connectivity index (χ4v) is 2.90. The number of rotatable bonds is 1. The van der Waals surface area contributed by atoms with Gasteiger partial charge in [0.15, 0.2) is 0 Å². The predicted molar refractivity (Wildman–Crippen MR) is 72.1 cm³/mol. The fraction of sp³-hybridized carbons (Fsp3) is 0.267. The van der Waals surface area contributed by atoms with Crippen molar-refractivity contribution in [3.8, 4) is 0 Å². The maximum atomic E-state index is 11.3. The van der Waals surface area contributed by atoms with Gasteiger partial charge in [-0.25, -0.2) is 0 Å². The summed E-state index contributed by atoms with van der Waals surface area (Å²) in [6.45, 7) is 0. The monoisotopic (exact) mass is 271 g/mol. The lowest BCUT2D eigenvalue weighted by Gasteiger charge is -2.27. The highest BCUT2D eigenvalue weighted by atomic mass is 16.3. The van der Waals surface area contributed by atoms with E-state index >= 15 is 0 Å². The van der Waals surface area contributed by atoms with E-state index in [0.29, 0.717) is 12.8 Å². The quantitative estimate of drug-likeness (QED) is 0.713. The van der Waals surface area contributed by atoms with Crippen molar-refractivity contribution in [2.45, 2.75) is 25.0 Å². The minimum Gasteiger partial charge on any atom is -0.464 e. The smallest absolute Gasteiger partial charge is 0.222 e. The first kappa shape index (κ1) is 11.5. The lowest BCUT2D eigenvalue weighted by molar-refractivity contribution is -0.127. The van der Waals surface area contributed by atoms with Crippen molar-refractivity contribution in [1.82, 2.24) is 5.32 Å². The van der Waals surface area contributed by atoms with E-state index in [9.17, 15) is 9.90 Å². The molecule has 3 aromatic rings. The standard InChI is InChI=1S/C15H13NO4/c17-14-2-1-9(15(18)16-14)11-7-20-13-5-8-3-4-19-12(8)6-10(11)13/h3-7,9,15,18H,1-2H2,(H,16,17)/t9-,15?/m0/s1. The summed E-state index contributed by atoms with van der Waals surface area (Å²) < 4.78 is 11.0. The number of nitrogens with one attached hydrogen (secondary N) is 1. The topological polar surface area (TPSA) is 75.6 Å². The lowest BCUT2D eigenvalue weighted by Crippen LogP contribution is -2.43. The number of piperidine rings is 1. The predicted octanol–water partition coefficient (Wildman–Crippen LogP) is 2.49. The van der Waals surface area contributed by atoms with Crippen molar-refractivity contribution in [3.63, 3.8) is 0 Å². The third-order valence-corrected chi connectivity index (χ3v) is 3.95. The molecule has 0 aliphatic carbocycles. The van der Waals surface area contributed by atoms with Crippen LogP contribution in [0.4, 0.5) is 0 Å². The van der Waals surface area contributed by atoms with E-state index in [1.807, 2.05) is 18.2 Å². The molecule has 2 atom stereocenters. The maximum absolute atomic E-state index is 11.3. The Hall–Kier alpha value is -2.27. The normalized spacial score (nSPS) is 23.4. The summed E-state index contributed by atoms with van der Waals surface area (Å²) in [5.41, 5.74) is 2.46. The molecule has 4 rings (SSSR count). The summed E-state index contributed by atoms with van der Waals surface area (Å²) in [5.74, 6) is -0.267. The highest BCUT2D eigenvalue weighted by molar-refractivity contribution is 5.95. The van der Waals surface area contributed by atoms with Gasteiger partial charge in [0.05, 0.1) is 12.5 Å². The molecule has 1 aliphatic heterocycles. The summed E-state index contributed by atoms with van der Waals surface area (Å²) in [6, 6.07) is 5.73. The molecule has 1 saturated heterocycles. The minimum absolute atomic E-state index is 0.116. The van der Waals surface area contributed by atoms with Crippen LogP contribution in [0, 0.1) is 0 Å². The van der Waals surface area contributed by atoms with Crippen LogP contribution in [-0.2, 0) is 4.79 Å². The van der Waals surface area contributed by atoms with Crippen LogP contribution >= 0.6 is 0 Å². The molecule has 3 heterocycles. The van der Waals surface area contributed by atoms with Gasteiger partial charge in [0.1, 0.15) is 17.4 Å². The lowest BCUT2D eigenvalue weighted by atomic mass is 9.89. The molecule has 1 amide bonds. The molecular formula is C15H13NO4. The zero-order valence-corrected chi connectivity index (χ0v) is 10.6. The van der Waals surface area contributed by atoms with E-state index in [2.05, 4.69) is 5.32 Å². The van der Waals surface area contributed by atoms with Crippen molar-refractivity contribution in [3.05, 3.63) is 36.3 Å². The SMILES string of the molecule is O=C1CC[C@@H](c2coc3cc4ccoc4cc23)C(O)N1. The number of amides is 1. The van der Waals surface area contributed by atoms with Gasteiger partial charge in [-0.3, -0.25) is 4.79 Å². The summed E-state index contributed by atoms with van der Waals surface area (Å²) in [4.78, 5) is 11.3. The van der Waals surface area contributed by atoms with E-state index in [1.54, 1.807) is 12.5 Å². The van der Waals surface area contributed by atoms with Gasteiger partial charge in [0.25, 0.3) is 0 Å². The van der Waals surface area contributed by atoms with Gasteiger partial charge in [-0.2, -0.15) is 0 Å². The summed E-state index contributed by atoms with van der Waals surface area (Å²) in [5, 5.41) is 14.5. The molecule has 1 aromatic carbocycles. The molecular weight excluding hydrogens is 258 g/mol. The van der Waals surface area contributed by atoms with Crippen molar-refractivity contribution >= 4 is 27.8 Å². The molecule has 5 nitrogen and oxygen atoms in total. The number of benzene rings is 1. The summed E-state index contributed by atoms with van der Waals surface area (Å²) in [7, 11) is 0. The number of hydrogen-bond donors (Lipinski definition) is 2. The zero-order chi connectivity index (χ0) is 13.7. The van der Waals surface area contributed by atoms with Gasteiger partial charge >= 0.3 is 0 Å². The Balaban J connectivity index is 1.84. The average Bonchev–Trinajstić information content (AvgIpc) is 3.02. The molecule has 102 valence electrons. The Bertz CT molecular complexity index is 801. The minimum atomic E-state index is -0.871. The van der Waals surface area contributed by atoms with Crippen molar-refractivity contribution in [2.75, 3.05) is 0 Å². The molecule has 0 spiro atoms. The Morgan fingerprint density at radius 1 is 1.25 bits per heavy atom. The molecule has 0 radical (unpaired) electrons. The van der Waals surface area contributed by atoms with E-state index in [0.717, 1.165) is 27.5 Å². The first-order chi connectivity index (χ1) is 9.72. The molecule has 2 N–H and O–H groups in total. The molecule has 0 saturated carbocycles. The molecule has 1 aliphatic rings. The first-order valence-electron chi connectivity index (χ1n) is 6.58. The van der Waals surface area contributed by atoms with Crippen LogP contribution in [-0.4, -0.2) is 17.2 Å². The van der Waals surface area contributed by atoms with Gasteiger partial charge < -0.3 is 19.3 Å². The molecule has 0 bridgehead atoms. The third-order valence-electron chi connectivity index (χ3n) is 3.95. The second-order valence-electron chi connectivity index (χ2n) is 5.16. The van der Waals surface area contributed by atoms with Crippen molar-refractivity contribution < 1.29 is 18.7 Å². The molecule has 2 aromatic heterocycles. The van der Waals surface area contributed by atoms with Crippen LogP contribution < -0.4 is 5.32 Å². The van der Waals surface area contributed by atoms with E-state index < -0.39 is 6.23 Å². The second-order valence-corrected chi connectivity index (χ2v) is 5.16. The Morgan fingerprint density at radius 2 is 2.15 bits per heavy atom. The average molecular weight is 271 g/mol. The van der Waals surface area contributed by atoms with E-state index in [1.165, 1.54) is 0 Å². The van der Waals surface area contributed by atoms with E-state index in [4.69, 9.17) is 8.83 Å². The Kier molecular flexibility index (Phi) is 2.37. The van der Waals surface area contributed by atoms with Gasteiger partial charge in [-0.15, -0.1) is 0 Å². The van der Waals surface area contributed by atoms with Crippen molar-refractivity contribution in [2.24, 2.45) is 0 Å². The van der Waals surface area contributed by atoms with Crippen LogP contribution in [0.1, 0.15) is 24.3 Å². The van der Waals surface area contributed by atoms with Gasteiger partial charge in [-0.05, 0) is 24.6 Å². The van der Waals surface area contributed by atoms with Crippen LogP contribution in [0.2, 0.25) is 0 Å². The number of aliphatic hydroxyl groups is 1. The van der Waals surface area contributed by atoms with Crippen LogP contribution in [0.25, 0.3) is 21.9 Å². The molecule has 5 heteroatoms. The number of hydrogen-bond acceptors (Lipinski definition) is 4. The highest BCUT2D eigenvalue weighted by Gasteiger charge is 2.30. The van der Waals surface area contributed by atoms with Crippen molar-refractivity contribution in [1.29, 1.82) is 0 Å². The molecule has 1 unspecified atom stereocenters. The van der Waals surface area contributed by atoms with Crippen LogP contribution in [0.5, 0.6) is 0 Å². The largest absolute Gasteiger partial charge is 0.464 e. The molecule has 1 fully saturated rings. The number of carbonyl (C=O) groups excluding carboxylic acids is 1. The molecule has 20 heavy (non-hydrogen) atoms. The first-order valence-corrected chi connectivity index (χ1v) is 6.58. The number of carbonyl (C=O) groups is 1. The van der Waals surface area contributed by atoms with Gasteiger partial charge in [0, 0.05) is 28.7 Å². The number of furan rings is 2. The maximum Gasteiger partial charge on any atom is 0.222 e. The Morgan fingerprint density at radius 3 is 3.00 bits per heavy atom. The summed E-state index contributed by atoms with van der Waals surface area (Å²) >= 11 is 0. The second kappa shape index (κ2) is 4.11. The van der Waals surface area contributed by atoms with Gasteiger partial charge in [-0.1, -0.05) is 0 Å². The summed E-state index contributed by atoms with van der Waals surface area (Å²) in [6.07, 6.45) is 3.45. The third kappa shape index (κ3) is 1.63. The number of aliphatic hydroxyl groups excluding tert-OH is 1. The van der Waals surface area contributed by atoms with E-state index in [-0.39, 0.29) is 11.8 Å². The fourth-order valence-electron chi connectivity index (χ4n) is 2.90. The zero-order valence-electron chi connectivity index (χ0n) is 10.6.